The molecule has 0 aliphatic heterocycles. The fraction of sp³-hybridized carbons (Fsp3) is 0.200. The molecule has 0 unspecified atom stereocenters. The van der Waals surface area contributed by atoms with Crippen molar-refractivity contribution in [2.24, 2.45) is 0 Å². The van der Waals surface area contributed by atoms with Crippen molar-refractivity contribution in [3.8, 4) is 34.1 Å². The van der Waals surface area contributed by atoms with E-state index in [1.807, 2.05) is 7.05 Å². The Kier molecular flexibility index (Phi) is 10.1. The van der Waals surface area contributed by atoms with Gasteiger partial charge in [0.25, 0.3) is 12.4 Å². The van der Waals surface area contributed by atoms with Gasteiger partial charge in [-0.05, 0) is 80.5 Å². The summed E-state index contributed by atoms with van der Waals surface area (Å²) >= 11 is 0. The number of nitriles is 1. The van der Waals surface area contributed by atoms with Crippen molar-refractivity contribution in [3.63, 3.8) is 0 Å². The van der Waals surface area contributed by atoms with E-state index in [0.29, 0.717) is 40.2 Å². The molecule has 5 rings (SSSR count). The maximum Gasteiger partial charge on any atom is 0.416 e. The van der Waals surface area contributed by atoms with E-state index in [-0.39, 0.29) is 23.6 Å². The van der Waals surface area contributed by atoms with E-state index >= 15 is 0 Å². The van der Waals surface area contributed by atoms with Gasteiger partial charge >= 0.3 is 12.2 Å². The largest absolute Gasteiger partial charge is 0.483 e. The molecule has 3 aromatic heterocycles. The van der Waals surface area contributed by atoms with Crippen LogP contribution >= 0.6 is 0 Å². The number of anilines is 1. The number of nitrogens with zero attached hydrogens (tertiary/aromatic N) is 6. The minimum Gasteiger partial charge on any atom is -0.483 e. The third-order valence-electron chi connectivity index (χ3n) is 6.64. The summed E-state index contributed by atoms with van der Waals surface area (Å²) in [4.78, 5) is 25.3. The summed E-state index contributed by atoms with van der Waals surface area (Å²) in [7, 11) is 1.82. The molecule has 3 heterocycles. The molecule has 0 saturated carbocycles. The van der Waals surface area contributed by atoms with E-state index in [1.54, 1.807) is 60.4 Å². The van der Waals surface area contributed by atoms with Gasteiger partial charge in [0.1, 0.15) is 0 Å². The Morgan fingerprint density at radius 3 is 2.53 bits per heavy atom. The maximum absolute atomic E-state index is 13.7. The van der Waals surface area contributed by atoms with Crippen LogP contribution in [0.15, 0.2) is 67.0 Å². The molecule has 2 aromatic carbocycles. The molecule has 0 atom stereocenters. The monoisotopic (exact) mass is 619 g/mol. The summed E-state index contributed by atoms with van der Waals surface area (Å²) < 4.78 is 44.1. The lowest BCUT2D eigenvalue weighted by molar-refractivity contribution is -0.137. The smallest absolute Gasteiger partial charge is 0.416 e. The van der Waals surface area contributed by atoms with Gasteiger partial charge in [0.2, 0.25) is 0 Å². The van der Waals surface area contributed by atoms with E-state index in [9.17, 15) is 18.0 Å². The Morgan fingerprint density at radius 1 is 1.13 bits per heavy atom. The third-order valence-corrected chi connectivity index (χ3v) is 6.64. The predicted molar refractivity (Wildman–Crippen MR) is 160 cm³/mol. The number of urea groups is 1. The molecule has 0 aliphatic rings. The molecule has 0 radical (unpaired) electrons. The Balaban J connectivity index is 0.00000148. The number of nitrogens with one attached hydrogen (secondary N) is 3. The molecule has 232 valence electrons. The molecule has 0 fully saturated rings. The quantitative estimate of drug-likeness (QED) is 0.141. The predicted octanol–water partition coefficient (Wildman–Crippen LogP) is 4.88. The fourth-order valence-corrected chi connectivity index (χ4v) is 4.62. The second-order valence-corrected chi connectivity index (χ2v) is 9.56. The Labute approximate surface area is 255 Å². The SMILES string of the molecule is CNCCCNC(=O)Nc1nc2c(-c3cccc(C(F)(F)F)c3)c(C)c(-c3ccnn3-c3ccc(C#N)cc3)cn2n1.O=CO. The summed E-state index contributed by atoms with van der Waals surface area (Å²) in [5, 5.41) is 33.3. The number of amides is 2. The number of carboxylic acid groups (broad SMARTS) is 1. The van der Waals surface area contributed by atoms with Crippen molar-refractivity contribution in [1.29, 1.82) is 5.26 Å². The third kappa shape index (κ3) is 7.43. The average molecular weight is 620 g/mol. The van der Waals surface area contributed by atoms with Gasteiger partial charge in [0.15, 0.2) is 5.65 Å². The Hall–Kier alpha value is -5.75. The number of aromatic nitrogens is 5. The standard InChI is InChI=1S/C29H26F3N9O.CH2O2/c1-18-23(24-11-14-36-41(24)22-9-7-19(16-33)8-10-22)17-40-26(25(18)20-5-3-6-21(15-20)29(30,31)32)37-27(39-40)38-28(42)35-13-4-12-34-2;2-1-3/h3,5-11,14-15,17,34H,4,12-13H2,1-2H3,(H2,35,38,39,42);1H,(H,2,3). The molecule has 0 bridgehead atoms. The van der Waals surface area contributed by atoms with Crippen LogP contribution in [0.1, 0.15) is 23.1 Å². The molecule has 45 heavy (non-hydrogen) atoms. The van der Waals surface area contributed by atoms with Crippen LogP contribution in [0.5, 0.6) is 0 Å². The van der Waals surface area contributed by atoms with Crippen molar-refractivity contribution in [2.75, 3.05) is 25.5 Å². The van der Waals surface area contributed by atoms with Crippen LogP contribution in [0.4, 0.5) is 23.9 Å². The van der Waals surface area contributed by atoms with E-state index in [2.05, 4.69) is 37.2 Å². The van der Waals surface area contributed by atoms with Crippen LogP contribution in [0.2, 0.25) is 0 Å². The number of fused-ring (bicyclic) bond motifs is 1. The van der Waals surface area contributed by atoms with Gasteiger partial charge in [-0.25, -0.2) is 14.0 Å². The zero-order chi connectivity index (χ0) is 32.6. The van der Waals surface area contributed by atoms with Gasteiger partial charge in [-0.3, -0.25) is 10.1 Å². The molecule has 5 aromatic rings. The van der Waals surface area contributed by atoms with Gasteiger partial charge in [0.05, 0.1) is 34.8 Å². The molecular formula is C30H28F3N9O3. The van der Waals surface area contributed by atoms with Crippen LogP contribution in [0, 0.1) is 18.3 Å². The summed E-state index contributed by atoms with van der Waals surface area (Å²) in [5.41, 5.74) is 3.25. The van der Waals surface area contributed by atoms with Crippen molar-refractivity contribution in [3.05, 3.63) is 83.7 Å². The maximum atomic E-state index is 13.7. The number of halogens is 3. The van der Waals surface area contributed by atoms with Gasteiger partial charge in [-0.1, -0.05) is 12.1 Å². The van der Waals surface area contributed by atoms with Gasteiger partial charge in [-0.2, -0.15) is 28.5 Å². The lowest BCUT2D eigenvalue weighted by atomic mass is 9.95. The molecule has 0 spiro atoms. The number of alkyl halides is 3. The summed E-state index contributed by atoms with van der Waals surface area (Å²) in [6.45, 7) is 2.70. The highest BCUT2D eigenvalue weighted by molar-refractivity contribution is 5.90. The molecule has 4 N–H and O–H groups in total. The minimum absolute atomic E-state index is 0.00788. The molecule has 2 amide bonds. The molecule has 0 saturated heterocycles. The lowest BCUT2D eigenvalue weighted by Crippen LogP contribution is -2.31. The second kappa shape index (κ2) is 14.1. The van der Waals surface area contributed by atoms with E-state index in [1.165, 1.54) is 10.6 Å². The van der Waals surface area contributed by atoms with Crippen LogP contribution in [0.3, 0.4) is 0 Å². The van der Waals surface area contributed by atoms with Crippen LogP contribution in [-0.2, 0) is 11.0 Å². The summed E-state index contributed by atoms with van der Waals surface area (Å²) in [6.07, 6.45) is -0.523. The van der Waals surface area contributed by atoms with Crippen molar-refractivity contribution >= 4 is 24.1 Å². The molecule has 15 heteroatoms. The summed E-state index contributed by atoms with van der Waals surface area (Å²) in [5.74, 6) is -0.00788. The zero-order valence-electron chi connectivity index (χ0n) is 24.1. The average Bonchev–Trinajstić information content (AvgIpc) is 3.66. The first-order chi connectivity index (χ1) is 21.6. The highest BCUT2D eigenvalue weighted by Crippen LogP contribution is 2.38. The van der Waals surface area contributed by atoms with Crippen molar-refractivity contribution < 1.29 is 27.9 Å². The zero-order valence-corrected chi connectivity index (χ0v) is 24.1. The van der Waals surface area contributed by atoms with E-state index < -0.39 is 17.8 Å². The van der Waals surface area contributed by atoms with Crippen LogP contribution < -0.4 is 16.0 Å². The van der Waals surface area contributed by atoms with E-state index in [4.69, 9.17) is 15.2 Å². The number of hydrogen-bond donors (Lipinski definition) is 4. The van der Waals surface area contributed by atoms with Crippen molar-refractivity contribution in [2.45, 2.75) is 19.5 Å². The fourth-order valence-electron chi connectivity index (χ4n) is 4.62. The first-order valence-electron chi connectivity index (χ1n) is 13.5. The van der Waals surface area contributed by atoms with Gasteiger partial charge in [0, 0.05) is 23.9 Å². The first-order valence-corrected chi connectivity index (χ1v) is 13.5. The van der Waals surface area contributed by atoms with Gasteiger partial charge < -0.3 is 15.7 Å². The molecule has 0 aliphatic carbocycles. The lowest BCUT2D eigenvalue weighted by Gasteiger charge is -2.16. The van der Waals surface area contributed by atoms with Crippen LogP contribution in [0.25, 0.3) is 33.7 Å². The van der Waals surface area contributed by atoms with Gasteiger partial charge in [-0.15, -0.1) is 5.10 Å². The Morgan fingerprint density at radius 2 is 1.87 bits per heavy atom. The summed E-state index contributed by atoms with van der Waals surface area (Å²) in [6, 6.07) is 15.2. The first kappa shape index (κ1) is 32.2. The highest BCUT2D eigenvalue weighted by atomic mass is 19.4. The number of carbonyl (C=O) groups excluding carboxylic acids is 1. The Bertz CT molecular complexity index is 1840. The number of rotatable bonds is 8. The highest BCUT2D eigenvalue weighted by Gasteiger charge is 2.31. The number of pyridine rings is 1. The van der Waals surface area contributed by atoms with Crippen molar-refractivity contribution in [1.82, 2.24) is 35.0 Å². The normalized spacial score (nSPS) is 10.9. The second-order valence-electron chi connectivity index (χ2n) is 9.56. The topological polar surface area (TPSA) is 162 Å². The number of benzene rings is 2. The minimum atomic E-state index is -4.54. The van der Waals surface area contributed by atoms with E-state index in [0.717, 1.165) is 25.1 Å². The molecular weight excluding hydrogens is 591 g/mol. The molecule has 12 nitrogen and oxygen atoms in total. The number of hydrogen-bond acceptors (Lipinski definition) is 7. The van der Waals surface area contributed by atoms with Crippen LogP contribution in [-0.4, -0.2) is 62.1 Å². The number of carbonyl (C=O) groups is 2.